The zero-order chi connectivity index (χ0) is 16.9. The molecular weight excluding hydrogens is 282 g/mol. The maximum atomic E-state index is 12.0. The molecule has 0 radical (unpaired) electrons. The van der Waals surface area contributed by atoms with Crippen LogP contribution in [0.25, 0.3) is 0 Å². The molecule has 1 rings (SSSR count). The van der Waals surface area contributed by atoms with Crippen molar-refractivity contribution >= 4 is 11.9 Å². The molecule has 0 spiro atoms. The summed E-state index contributed by atoms with van der Waals surface area (Å²) in [5.41, 5.74) is -0.245. The Bertz CT molecular complexity index is 542. The van der Waals surface area contributed by atoms with Gasteiger partial charge in [0.2, 0.25) is 5.91 Å². The highest BCUT2D eigenvalue weighted by atomic mass is 16.2. The van der Waals surface area contributed by atoms with E-state index in [1.807, 2.05) is 46.4 Å². The zero-order valence-corrected chi connectivity index (χ0v) is 14.6. The Morgan fingerprint density at radius 3 is 2.45 bits per heavy atom. The monoisotopic (exact) mass is 309 g/mol. The Balaban J connectivity index is 2.57. The van der Waals surface area contributed by atoms with Gasteiger partial charge in [-0.3, -0.25) is 9.79 Å². The molecule has 1 amide bonds. The van der Waals surface area contributed by atoms with Gasteiger partial charge in [-0.15, -0.1) is 10.2 Å². The number of hydrogen-bond donors (Lipinski definition) is 2. The predicted octanol–water partition coefficient (Wildman–Crippen LogP) is 0.0454. The SMILES string of the molecule is CN=C(NCc1nnc(C)n1C)N(C)CC(=O)NC(C)(C)C. The lowest BCUT2D eigenvalue weighted by Gasteiger charge is -2.25. The topological polar surface area (TPSA) is 87.4 Å². The van der Waals surface area contributed by atoms with Gasteiger partial charge in [0.1, 0.15) is 5.82 Å². The van der Waals surface area contributed by atoms with E-state index in [0.29, 0.717) is 12.5 Å². The molecule has 0 fully saturated rings. The molecule has 124 valence electrons. The quantitative estimate of drug-likeness (QED) is 0.606. The van der Waals surface area contributed by atoms with Crippen molar-refractivity contribution in [2.75, 3.05) is 20.6 Å². The van der Waals surface area contributed by atoms with Gasteiger partial charge in [0.05, 0.1) is 13.1 Å². The molecule has 0 aliphatic heterocycles. The number of aromatic nitrogens is 3. The number of carbonyl (C=O) groups excluding carboxylic acids is 1. The standard InChI is InChI=1S/C14H27N7O/c1-10-18-19-11(21(10)7)8-16-13(15-5)20(6)9-12(22)17-14(2,3)4/h8-9H2,1-7H3,(H,15,16)(H,17,22). The Morgan fingerprint density at radius 1 is 1.36 bits per heavy atom. The normalized spacial score (nSPS) is 12.2. The third-order valence-electron chi connectivity index (χ3n) is 3.06. The van der Waals surface area contributed by atoms with Gasteiger partial charge in [0, 0.05) is 26.7 Å². The summed E-state index contributed by atoms with van der Waals surface area (Å²) in [5.74, 6) is 2.24. The highest BCUT2D eigenvalue weighted by molar-refractivity contribution is 5.86. The summed E-state index contributed by atoms with van der Waals surface area (Å²) < 4.78 is 1.91. The van der Waals surface area contributed by atoms with Crippen LogP contribution in [0, 0.1) is 6.92 Å². The van der Waals surface area contributed by atoms with Crippen LogP contribution in [-0.4, -0.2) is 57.7 Å². The molecule has 0 saturated carbocycles. The van der Waals surface area contributed by atoms with Crippen molar-refractivity contribution in [2.45, 2.75) is 39.8 Å². The molecule has 22 heavy (non-hydrogen) atoms. The third-order valence-corrected chi connectivity index (χ3v) is 3.06. The summed E-state index contributed by atoms with van der Waals surface area (Å²) in [7, 11) is 5.41. The number of aryl methyl sites for hydroxylation is 1. The first-order chi connectivity index (χ1) is 10.1. The van der Waals surface area contributed by atoms with Crippen LogP contribution in [-0.2, 0) is 18.4 Å². The Hall–Kier alpha value is -2.12. The third kappa shape index (κ3) is 5.34. The fraction of sp³-hybridized carbons (Fsp3) is 0.714. The summed E-state index contributed by atoms with van der Waals surface area (Å²) in [5, 5.41) is 14.2. The molecule has 0 atom stereocenters. The molecule has 0 saturated heterocycles. The van der Waals surface area contributed by atoms with Crippen LogP contribution < -0.4 is 10.6 Å². The largest absolute Gasteiger partial charge is 0.350 e. The van der Waals surface area contributed by atoms with Crippen molar-refractivity contribution in [3.8, 4) is 0 Å². The molecule has 0 bridgehead atoms. The molecule has 8 heteroatoms. The number of aliphatic imine (C=N–C) groups is 1. The number of guanidine groups is 1. The molecule has 0 aliphatic carbocycles. The van der Waals surface area contributed by atoms with Crippen LogP contribution in [0.3, 0.4) is 0 Å². The zero-order valence-electron chi connectivity index (χ0n) is 14.6. The summed E-state index contributed by atoms with van der Waals surface area (Å²) in [6, 6.07) is 0. The Morgan fingerprint density at radius 2 is 2.00 bits per heavy atom. The van der Waals surface area contributed by atoms with Gasteiger partial charge in [-0.05, 0) is 27.7 Å². The lowest BCUT2D eigenvalue weighted by Crippen LogP contribution is -2.48. The minimum Gasteiger partial charge on any atom is -0.350 e. The van der Waals surface area contributed by atoms with E-state index in [9.17, 15) is 4.79 Å². The molecule has 0 aliphatic rings. The minimum atomic E-state index is -0.245. The van der Waals surface area contributed by atoms with Crippen LogP contribution in [0.1, 0.15) is 32.4 Å². The number of carbonyl (C=O) groups is 1. The van der Waals surface area contributed by atoms with E-state index in [1.54, 1.807) is 11.9 Å². The highest BCUT2D eigenvalue weighted by Crippen LogP contribution is 1.99. The maximum Gasteiger partial charge on any atom is 0.240 e. The minimum absolute atomic E-state index is 0.0487. The summed E-state index contributed by atoms with van der Waals surface area (Å²) >= 11 is 0. The van der Waals surface area contributed by atoms with E-state index < -0.39 is 0 Å². The molecule has 8 nitrogen and oxygen atoms in total. The van der Waals surface area contributed by atoms with Crippen molar-refractivity contribution in [1.82, 2.24) is 30.3 Å². The van der Waals surface area contributed by atoms with Crippen LogP contribution >= 0.6 is 0 Å². The van der Waals surface area contributed by atoms with E-state index in [1.165, 1.54) is 0 Å². The van der Waals surface area contributed by atoms with Gasteiger partial charge >= 0.3 is 0 Å². The lowest BCUT2D eigenvalue weighted by molar-refractivity contribution is -0.122. The predicted molar refractivity (Wildman–Crippen MR) is 86.5 cm³/mol. The van der Waals surface area contributed by atoms with E-state index in [0.717, 1.165) is 11.6 Å². The molecule has 1 heterocycles. The highest BCUT2D eigenvalue weighted by Gasteiger charge is 2.17. The molecule has 1 aromatic heterocycles. The fourth-order valence-corrected chi connectivity index (χ4v) is 1.90. The van der Waals surface area contributed by atoms with Crippen molar-refractivity contribution in [3.63, 3.8) is 0 Å². The number of amides is 1. The smallest absolute Gasteiger partial charge is 0.240 e. The first-order valence-electron chi connectivity index (χ1n) is 7.21. The Labute approximate surface area is 132 Å². The summed E-state index contributed by atoms with van der Waals surface area (Å²) in [4.78, 5) is 17.9. The second-order valence-electron chi connectivity index (χ2n) is 6.28. The van der Waals surface area contributed by atoms with E-state index in [-0.39, 0.29) is 18.0 Å². The molecule has 1 aromatic rings. The van der Waals surface area contributed by atoms with Crippen molar-refractivity contribution < 1.29 is 4.79 Å². The summed E-state index contributed by atoms with van der Waals surface area (Å²) in [6.07, 6.45) is 0. The van der Waals surface area contributed by atoms with Crippen LogP contribution in [0.15, 0.2) is 4.99 Å². The lowest BCUT2D eigenvalue weighted by atomic mass is 10.1. The van der Waals surface area contributed by atoms with Gasteiger partial charge in [-0.2, -0.15) is 0 Å². The number of nitrogens with zero attached hydrogens (tertiary/aromatic N) is 5. The average Bonchev–Trinajstić information content (AvgIpc) is 2.68. The van der Waals surface area contributed by atoms with Crippen molar-refractivity contribution in [2.24, 2.45) is 12.0 Å². The number of nitrogens with one attached hydrogen (secondary N) is 2. The van der Waals surface area contributed by atoms with Crippen LogP contribution in [0.2, 0.25) is 0 Å². The van der Waals surface area contributed by atoms with Crippen LogP contribution in [0.4, 0.5) is 0 Å². The number of rotatable bonds is 4. The van der Waals surface area contributed by atoms with Gasteiger partial charge in [-0.1, -0.05) is 0 Å². The van der Waals surface area contributed by atoms with E-state index in [4.69, 9.17) is 0 Å². The average molecular weight is 309 g/mol. The second-order valence-corrected chi connectivity index (χ2v) is 6.28. The van der Waals surface area contributed by atoms with Gasteiger partial charge in [-0.25, -0.2) is 0 Å². The van der Waals surface area contributed by atoms with Gasteiger partial charge in [0.25, 0.3) is 0 Å². The molecule has 2 N–H and O–H groups in total. The van der Waals surface area contributed by atoms with E-state index in [2.05, 4.69) is 25.8 Å². The molecular formula is C14H27N7O. The molecule has 0 unspecified atom stereocenters. The first kappa shape index (κ1) is 17.9. The summed E-state index contributed by atoms with van der Waals surface area (Å²) in [6.45, 7) is 8.48. The van der Waals surface area contributed by atoms with Gasteiger partial charge < -0.3 is 20.1 Å². The fourth-order valence-electron chi connectivity index (χ4n) is 1.90. The van der Waals surface area contributed by atoms with Crippen LogP contribution in [0.5, 0.6) is 0 Å². The second kappa shape index (κ2) is 7.24. The van der Waals surface area contributed by atoms with Crippen molar-refractivity contribution in [1.29, 1.82) is 0 Å². The first-order valence-corrected chi connectivity index (χ1v) is 7.21. The molecule has 0 aromatic carbocycles. The van der Waals surface area contributed by atoms with E-state index >= 15 is 0 Å². The maximum absolute atomic E-state index is 12.0. The number of hydrogen-bond acceptors (Lipinski definition) is 4. The van der Waals surface area contributed by atoms with Gasteiger partial charge in [0.15, 0.2) is 11.8 Å². The van der Waals surface area contributed by atoms with Crippen molar-refractivity contribution in [3.05, 3.63) is 11.6 Å². The number of likely N-dealkylation sites (N-methyl/N-ethyl adjacent to an activating group) is 1. The Kier molecular flexibility index (Phi) is 5.90.